The van der Waals surface area contributed by atoms with E-state index in [4.69, 9.17) is 5.73 Å². The molecule has 0 aromatic heterocycles. The van der Waals surface area contributed by atoms with Gasteiger partial charge in [0, 0.05) is 31.6 Å². The second-order valence-corrected chi connectivity index (χ2v) is 8.97. The van der Waals surface area contributed by atoms with Crippen LogP contribution < -0.4 is 11.1 Å². The summed E-state index contributed by atoms with van der Waals surface area (Å²) in [4.78, 5) is 52.6. The summed E-state index contributed by atoms with van der Waals surface area (Å²) in [6, 6.07) is 4.38. The molecule has 1 aliphatic carbocycles. The van der Waals surface area contributed by atoms with Gasteiger partial charge in [0.1, 0.15) is 6.04 Å². The van der Waals surface area contributed by atoms with Crippen molar-refractivity contribution in [2.75, 3.05) is 13.1 Å². The largest absolute Gasteiger partial charge is 0.324 e. The van der Waals surface area contributed by atoms with Crippen molar-refractivity contribution in [3.63, 3.8) is 0 Å². The molecule has 3 aliphatic heterocycles. The fraction of sp³-hybridized carbons (Fsp3) is 0.524. The number of rotatable bonds is 3. The first-order chi connectivity index (χ1) is 13.8. The average Bonchev–Trinajstić information content (AvgIpc) is 3.08. The number of hydrogen-bond donors (Lipinski definition) is 2. The fourth-order valence-corrected chi connectivity index (χ4v) is 5.44. The number of carbonyl (C=O) groups excluding carboxylic acids is 4. The minimum absolute atomic E-state index is 0.103. The third-order valence-electron chi connectivity index (χ3n) is 6.71. The molecule has 2 bridgehead atoms. The second-order valence-electron chi connectivity index (χ2n) is 8.97. The number of imide groups is 2. The maximum absolute atomic E-state index is 12.9. The molecule has 2 saturated heterocycles. The SMILES string of the molecule is NC12CCC(CN(Cc3ccc4c(c3)C(=O)N(C3CCC(=O)NC3=O)C4=O)C1)C2. The molecule has 1 saturated carbocycles. The highest BCUT2D eigenvalue weighted by Crippen LogP contribution is 2.38. The molecule has 8 heteroatoms. The van der Waals surface area contributed by atoms with Crippen molar-refractivity contribution in [2.45, 2.75) is 50.2 Å². The smallest absolute Gasteiger partial charge is 0.262 e. The quantitative estimate of drug-likeness (QED) is 0.715. The van der Waals surface area contributed by atoms with Crippen LogP contribution in [0.1, 0.15) is 58.4 Å². The third kappa shape index (κ3) is 3.07. The molecule has 0 radical (unpaired) electrons. The number of piperidine rings is 2. The Bertz CT molecular complexity index is 945. The van der Waals surface area contributed by atoms with Crippen molar-refractivity contribution in [1.82, 2.24) is 15.1 Å². The van der Waals surface area contributed by atoms with Crippen molar-refractivity contribution in [3.8, 4) is 0 Å². The number of amides is 4. The Labute approximate surface area is 168 Å². The Morgan fingerprint density at radius 2 is 1.90 bits per heavy atom. The number of nitrogens with two attached hydrogens (primary N) is 1. The van der Waals surface area contributed by atoms with Gasteiger partial charge in [-0.3, -0.25) is 34.3 Å². The van der Waals surface area contributed by atoms with Gasteiger partial charge in [-0.2, -0.15) is 0 Å². The normalized spacial score (nSPS) is 32.0. The highest BCUT2D eigenvalue weighted by molar-refractivity contribution is 6.23. The van der Waals surface area contributed by atoms with Crippen LogP contribution in [-0.4, -0.2) is 58.1 Å². The van der Waals surface area contributed by atoms with Crippen LogP contribution >= 0.6 is 0 Å². The number of carbonyl (C=O) groups is 4. The molecule has 29 heavy (non-hydrogen) atoms. The molecule has 4 aliphatic rings. The zero-order valence-corrected chi connectivity index (χ0v) is 16.1. The van der Waals surface area contributed by atoms with E-state index >= 15 is 0 Å². The molecule has 0 spiro atoms. The Morgan fingerprint density at radius 1 is 1.10 bits per heavy atom. The standard InChI is InChI=1S/C21H24N4O4/c22-21-6-5-13(8-21)10-24(11-21)9-12-1-2-14-15(7-12)20(29)25(19(14)28)16-3-4-17(26)23-18(16)27/h1-2,7,13,16H,3-6,8-11,22H2,(H,23,26,27). The van der Waals surface area contributed by atoms with Gasteiger partial charge in [0.15, 0.2) is 0 Å². The van der Waals surface area contributed by atoms with Gasteiger partial charge >= 0.3 is 0 Å². The molecule has 3 atom stereocenters. The lowest BCUT2D eigenvalue weighted by atomic mass is 9.92. The monoisotopic (exact) mass is 396 g/mol. The molecule has 3 N–H and O–H groups in total. The van der Waals surface area contributed by atoms with Crippen LogP contribution in [-0.2, 0) is 16.1 Å². The summed E-state index contributed by atoms with van der Waals surface area (Å²) in [6.45, 7) is 2.53. The number of nitrogens with zero attached hydrogens (tertiary/aromatic N) is 2. The number of fused-ring (bicyclic) bond motifs is 3. The predicted octanol–water partition coefficient (Wildman–Crippen LogP) is 0.401. The van der Waals surface area contributed by atoms with E-state index < -0.39 is 23.8 Å². The zero-order chi connectivity index (χ0) is 20.3. The van der Waals surface area contributed by atoms with Gasteiger partial charge in [0.2, 0.25) is 11.8 Å². The average molecular weight is 396 g/mol. The summed E-state index contributed by atoms with van der Waals surface area (Å²) < 4.78 is 0. The first-order valence-corrected chi connectivity index (χ1v) is 10.2. The Balaban J connectivity index is 1.36. The number of benzene rings is 1. The predicted molar refractivity (Wildman–Crippen MR) is 103 cm³/mol. The van der Waals surface area contributed by atoms with Gasteiger partial charge in [-0.05, 0) is 49.3 Å². The molecule has 8 nitrogen and oxygen atoms in total. The van der Waals surface area contributed by atoms with E-state index in [9.17, 15) is 19.2 Å². The Kier molecular flexibility index (Phi) is 4.11. The molecular formula is C21H24N4O4. The molecule has 3 unspecified atom stereocenters. The molecule has 4 amide bonds. The van der Waals surface area contributed by atoms with Crippen LogP contribution in [0, 0.1) is 5.92 Å². The third-order valence-corrected chi connectivity index (χ3v) is 6.71. The first-order valence-electron chi connectivity index (χ1n) is 10.2. The van der Waals surface area contributed by atoms with Crippen molar-refractivity contribution in [1.29, 1.82) is 0 Å². The highest BCUT2D eigenvalue weighted by atomic mass is 16.2. The van der Waals surface area contributed by atoms with Gasteiger partial charge in [-0.25, -0.2) is 0 Å². The van der Waals surface area contributed by atoms with Crippen LogP contribution in [0.5, 0.6) is 0 Å². The maximum Gasteiger partial charge on any atom is 0.262 e. The lowest BCUT2D eigenvalue weighted by Gasteiger charge is -2.37. The molecule has 3 heterocycles. The number of likely N-dealkylation sites (tertiary alicyclic amines) is 1. The van der Waals surface area contributed by atoms with Gasteiger partial charge < -0.3 is 5.73 Å². The Hall–Kier alpha value is -2.58. The fourth-order valence-electron chi connectivity index (χ4n) is 5.44. The van der Waals surface area contributed by atoms with Gasteiger partial charge in [-0.1, -0.05) is 6.07 Å². The molecular weight excluding hydrogens is 372 g/mol. The van der Waals surface area contributed by atoms with Crippen molar-refractivity contribution in [2.24, 2.45) is 11.7 Å². The van der Waals surface area contributed by atoms with Gasteiger partial charge in [0.05, 0.1) is 11.1 Å². The van der Waals surface area contributed by atoms with Crippen LogP contribution in [0.25, 0.3) is 0 Å². The molecule has 1 aromatic rings. The van der Waals surface area contributed by atoms with Crippen molar-refractivity contribution >= 4 is 23.6 Å². The van der Waals surface area contributed by atoms with E-state index in [1.54, 1.807) is 12.1 Å². The number of hydrogen-bond acceptors (Lipinski definition) is 6. The zero-order valence-electron chi connectivity index (χ0n) is 16.1. The van der Waals surface area contributed by atoms with E-state index in [0.29, 0.717) is 23.6 Å². The van der Waals surface area contributed by atoms with Crippen LogP contribution in [0.2, 0.25) is 0 Å². The van der Waals surface area contributed by atoms with E-state index in [2.05, 4.69) is 10.2 Å². The maximum atomic E-state index is 12.9. The molecule has 152 valence electrons. The Morgan fingerprint density at radius 3 is 2.66 bits per heavy atom. The topological polar surface area (TPSA) is 113 Å². The van der Waals surface area contributed by atoms with E-state index in [1.807, 2.05) is 6.07 Å². The number of nitrogens with one attached hydrogen (secondary N) is 1. The summed E-state index contributed by atoms with van der Waals surface area (Å²) in [5.74, 6) is -1.26. The second kappa shape index (κ2) is 6.47. The van der Waals surface area contributed by atoms with Gasteiger partial charge in [-0.15, -0.1) is 0 Å². The summed E-state index contributed by atoms with van der Waals surface area (Å²) in [6.07, 6.45) is 3.60. The minimum Gasteiger partial charge on any atom is -0.324 e. The molecule has 3 fully saturated rings. The summed E-state index contributed by atoms with van der Waals surface area (Å²) in [5.41, 5.74) is 7.99. The minimum atomic E-state index is -0.932. The first kappa shape index (κ1) is 18.4. The van der Waals surface area contributed by atoms with Crippen LogP contribution in [0.4, 0.5) is 0 Å². The van der Waals surface area contributed by atoms with Crippen molar-refractivity contribution in [3.05, 3.63) is 34.9 Å². The van der Waals surface area contributed by atoms with Crippen LogP contribution in [0.3, 0.4) is 0 Å². The lowest BCUT2D eigenvalue weighted by Crippen LogP contribution is -2.54. The summed E-state index contributed by atoms with van der Waals surface area (Å²) in [5, 5.41) is 2.21. The highest BCUT2D eigenvalue weighted by Gasteiger charge is 2.45. The van der Waals surface area contributed by atoms with E-state index in [1.165, 1.54) is 6.42 Å². The summed E-state index contributed by atoms with van der Waals surface area (Å²) in [7, 11) is 0. The lowest BCUT2D eigenvalue weighted by molar-refractivity contribution is -0.136. The van der Waals surface area contributed by atoms with E-state index in [0.717, 1.165) is 36.4 Å². The summed E-state index contributed by atoms with van der Waals surface area (Å²) >= 11 is 0. The molecule has 5 rings (SSSR count). The van der Waals surface area contributed by atoms with Crippen molar-refractivity contribution < 1.29 is 19.2 Å². The van der Waals surface area contributed by atoms with E-state index in [-0.39, 0.29) is 24.3 Å². The van der Waals surface area contributed by atoms with Crippen LogP contribution in [0.15, 0.2) is 18.2 Å². The molecule has 1 aromatic carbocycles. The van der Waals surface area contributed by atoms with Gasteiger partial charge in [0.25, 0.3) is 11.8 Å².